The highest BCUT2D eigenvalue weighted by atomic mass is 35.5. The van der Waals surface area contributed by atoms with Gasteiger partial charge in [-0.3, -0.25) is 0 Å². The lowest BCUT2D eigenvalue weighted by Gasteiger charge is -2.36. The minimum absolute atomic E-state index is 0.0379. The van der Waals surface area contributed by atoms with Crippen molar-refractivity contribution in [3.05, 3.63) is 52.9 Å². The molecule has 3 aromatic rings. The first kappa shape index (κ1) is 19.7. The Morgan fingerprint density at radius 2 is 2.06 bits per heavy atom. The number of hydrazone groups is 1. The summed E-state index contributed by atoms with van der Waals surface area (Å²) in [5.74, 6) is -0.634. The Kier molecular flexibility index (Phi) is 4.34. The van der Waals surface area contributed by atoms with E-state index >= 15 is 0 Å². The third-order valence-electron chi connectivity index (χ3n) is 6.00. The summed E-state index contributed by atoms with van der Waals surface area (Å²) in [6, 6.07) is 6.31. The minimum Gasteiger partial charge on any atom is -0.309 e. The highest BCUT2D eigenvalue weighted by Gasteiger charge is 2.45. The fraction of sp³-hybridized carbons (Fsp3) is 0.190. The van der Waals surface area contributed by atoms with Crippen molar-refractivity contribution < 1.29 is 18.6 Å². The van der Waals surface area contributed by atoms with Gasteiger partial charge in [0.2, 0.25) is 0 Å². The van der Waals surface area contributed by atoms with E-state index in [-0.39, 0.29) is 22.8 Å². The molecule has 0 saturated carbocycles. The minimum atomic E-state index is -0.634. The van der Waals surface area contributed by atoms with Crippen LogP contribution in [-0.4, -0.2) is 45.1 Å². The normalized spacial score (nSPS) is 21.2. The highest BCUT2D eigenvalue weighted by molar-refractivity contribution is 6.33. The maximum Gasteiger partial charge on any atom is 0.339 e. The summed E-state index contributed by atoms with van der Waals surface area (Å²) >= 11 is 6.44. The average molecular weight is 468 g/mol. The molecule has 0 radical (unpaired) electrons. The van der Waals surface area contributed by atoms with E-state index in [0.29, 0.717) is 46.4 Å². The first-order valence-electron chi connectivity index (χ1n) is 10.2. The van der Waals surface area contributed by atoms with Gasteiger partial charge in [-0.05, 0) is 59.1 Å². The predicted octanol–water partition coefficient (Wildman–Crippen LogP) is 3.61. The molecular formula is C21H15ClFN7O3. The van der Waals surface area contributed by atoms with Crippen molar-refractivity contribution in [1.29, 1.82) is 0 Å². The molecule has 6 rings (SSSR count). The van der Waals surface area contributed by atoms with E-state index in [4.69, 9.17) is 16.2 Å². The molecule has 4 amide bonds. The Bertz CT molecular complexity index is 1400. The number of benzene rings is 2. The van der Waals surface area contributed by atoms with Gasteiger partial charge in [-0.25, -0.2) is 24.0 Å². The van der Waals surface area contributed by atoms with Crippen molar-refractivity contribution in [2.75, 3.05) is 5.32 Å². The summed E-state index contributed by atoms with van der Waals surface area (Å²) in [7, 11) is 0. The number of carbonyl (C=O) groups is 2. The third-order valence-corrected chi connectivity index (χ3v) is 6.32. The second kappa shape index (κ2) is 7.27. The largest absolute Gasteiger partial charge is 0.339 e. The third kappa shape index (κ3) is 3.20. The van der Waals surface area contributed by atoms with Crippen LogP contribution in [0, 0.1) is 5.82 Å². The van der Waals surface area contributed by atoms with Crippen molar-refractivity contribution in [2.45, 2.75) is 24.9 Å². The Morgan fingerprint density at radius 3 is 2.94 bits per heavy atom. The van der Waals surface area contributed by atoms with E-state index < -0.39 is 17.9 Å². The van der Waals surface area contributed by atoms with Gasteiger partial charge in [-0.1, -0.05) is 17.7 Å². The summed E-state index contributed by atoms with van der Waals surface area (Å²) < 4.78 is 19.7. The standard InChI is InChI=1S/C21H15ClFN7O3/c22-12-8-15(13(23)7-11(12)9-1-3-14-16(5-9)29-33-28-14)25-21(32)30-10-2-4-18(30)19-17(6-10)24-20(31)27-26-19/h1,3,5-8,10,18H,2,4H2,(H,25,32)(H2,24,27,31)/t10-,18+/m0/s1. The van der Waals surface area contributed by atoms with Crippen LogP contribution in [-0.2, 0) is 0 Å². The van der Waals surface area contributed by atoms with Gasteiger partial charge in [-0.15, -0.1) is 0 Å². The molecule has 1 saturated heterocycles. The van der Waals surface area contributed by atoms with Crippen LogP contribution in [0.15, 0.2) is 51.8 Å². The zero-order valence-corrected chi connectivity index (χ0v) is 17.6. The van der Waals surface area contributed by atoms with Crippen LogP contribution in [0.2, 0.25) is 5.02 Å². The lowest BCUT2D eigenvalue weighted by Crippen LogP contribution is -2.55. The Balaban J connectivity index is 1.27. The van der Waals surface area contributed by atoms with E-state index in [0.717, 1.165) is 0 Å². The zero-order valence-electron chi connectivity index (χ0n) is 16.8. The Morgan fingerprint density at radius 1 is 1.21 bits per heavy atom. The molecule has 0 aliphatic carbocycles. The summed E-state index contributed by atoms with van der Waals surface area (Å²) in [6.07, 6.45) is 3.18. The second-order valence-electron chi connectivity index (χ2n) is 7.92. The molecule has 12 heteroatoms. The molecule has 0 unspecified atom stereocenters. The Hall–Kier alpha value is -3.99. The number of aromatic nitrogens is 2. The van der Waals surface area contributed by atoms with E-state index in [2.05, 4.69) is 31.5 Å². The first-order valence-corrected chi connectivity index (χ1v) is 10.5. The smallest absolute Gasteiger partial charge is 0.309 e. The van der Waals surface area contributed by atoms with E-state index in [9.17, 15) is 14.0 Å². The number of urea groups is 2. The summed E-state index contributed by atoms with van der Waals surface area (Å²) in [4.78, 5) is 26.2. The molecule has 33 heavy (non-hydrogen) atoms. The molecule has 0 spiro atoms. The van der Waals surface area contributed by atoms with Crippen LogP contribution in [0.1, 0.15) is 12.8 Å². The monoisotopic (exact) mass is 467 g/mol. The van der Waals surface area contributed by atoms with Gasteiger partial charge in [0, 0.05) is 5.56 Å². The summed E-state index contributed by atoms with van der Waals surface area (Å²) in [6.45, 7) is 0. The number of carbonyl (C=O) groups excluding carboxylic acids is 2. The van der Waals surface area contributed by atoms with E-state index in [1.807, 2.05) is 0 Å². The molecule has 3 N–H and O–H groups in total. The van der Waals surface area contributed by atoms with Crippen LogP contribution in [0.25, 0.3) is 22.2 Å². The average Bonchev–Trinajstić information content (AvgIpc) is 3.39. The van der Waals surface area contributed by atoms with Crippen LogP contribution < -0.4 is 16.1 Å². The predicted molar refractivity (Wildman–Crippen MR) is 117 cm³/mol. The fourth-order valence-corrected chi connectivity index (χ4v) is 4.79. The SMILES string of the molecule is O=C1NN=C2C(=C[C@@H]3CC[C@H]2N3C(=O)Nc2cc(Cl)c(-c3ccc4nonc4c3)cc2F)N1. The topological polar surface area (TPSA) is 125 Å². The van der Waals surface area contributed by atoms with Crippen LogP contribution in [0.5, 0.6) is 0 Å². The molecule has 1 aromatic heterocycles. The van der Waals surface area contributed by atoms with Crippen molar-refractivity contribution in [2.24, 2.45) is 5.10 Å². The maximum absolute atomic E-state index is 15.0. The van der Waals surface area contributed by atoms with Gasteiger partial charge >= 0.3 is 12.1 Å². The molecule has 3 aliphatic rings. The number of fused-ring (bicyclic) bond motifs is 5. The van der Waals surface area contributed by atoms with Gasteiger partial charge < -0.3 is 15.5 Å². The molecule has 4 heterocycles. The van der Waals surface area contributed by atoms with E-state index in [1.54, 1.807) is 29.2 Å². The summed E-state index contributed by atoms with van der Waals surface area (Å²) in [5.41, 5.74) is 5.68. The quantitative estimate of drug-likeness (QED) is 0.531. The van der Waals surface area contributed by atoms with Crippen LogP contribution >= 0.6 is 11.6 Å². The molecule has 2 atom stereocenters. The highest BCUT2D eigenvalue weighted by Crippen LogP contribution is 2.36. The van der Waals surface area contributed by atoms with Crippen molar-refractivity contribution in [3.63, 3.8) is 0 Å². The van der Waals surface area contributed by atoms with Crippen molar-refractivity contribution >= 4 is 46.1 Å². The molecule has 166 valence electrons. The van der Waals surface area contributed by atoms with Gasteiger partial charge in [0.05, 0.1) is 28.5 Å². The van der Waals surface area contributed by atoms with Crippen LogP contribution in [0.3, 0.4) is 0 Å². The maximum atomic E-state index is 15.0. The number of nitrogens with zero attached hydrogens (tertiary/aromatic N) is 4. The first-order chi connectivity index (χ1) is 16.0. The number of rotatable bonds is 2. The number of nitrogens with one attached hydrogen (secondary N) is 3. The van der Waals surface area contributed by atoms with Crippen LogP contribution in [0.4, 0.5) is 19.7 Å². The van der Waals surface area contributed by atoms with Gasteiger partial charge in [0.25, 0.3) is 0 Å². The molecule has 2 bridgehead atoms. The Labute approximate surface area is 190 Å². The number of hydrogen-bond donors (Lipinski definition) is 3. The fourth-order valence-electron chi connectivity index (χ4n) is 4.51. The summed E-state index contributed by atoms with van der Waals surface area (Å²) in [5, 5.41) is 17.2. The lowest BCUT2D eigenvalue weighted by molar-refractivity contribution is 0.205. The molecule has 1 fully saturated rings. The number of hydrogen-bond acceptors (Lipinski definition) is 6. The number of amides is 4. The molecule has 3 aliphatic heterocycles. The zero-order chi connectivity index (χ0) is 22.7. The second-order valence-corrected chi connectivity index (χ2v) is 8.33. The lowest BCUT2D eigenvalue weighted by atomic mass is 10.0. The number of halogens is 2. The van der Waals surface area contributed by atoms with Gasteiger partial charge in [0.15, 0.2) is 0 Å². The van der Waals surface area contributed by atoms with Gasteiger partial charge in [0.1, 0.15) is 22.6 Å². The van der Waals surface area contributed by atoms with Crippen molar-refractivity contribution in [3.8, 4) is 11.1 Å². The number of anilines is 1. The molecule has 2 aromatic carbocycles. The van der Waals surface area contributed by atoms with Gasteiger partial charge in [-0.2, -0.15) is 5.10 Å². The van der Waals surface area contributed by atoms with E-state index in [1.165, 1.54) is 12.1 Å². The molecular weight excluding hydrogens is 453 g/mol. The molecule has 10 nitrogen and oxygen atoms in total. The van der Waals surface area contributed by atoms with Crippen molar-refractivity contribution in [1.82, 2.24) is 26.0 Å².